The molecule has 8 heteroatoms. The average molecular weight is 423 g/mol. The van der Waals surface area contributed by atoms with Gasteiger partial charge < -0.3 is 14.5 Å². The first-order valence-electron chi connectivity index (χ1n) is 8.98. The van der Waals surface area contributed by atoms with Crippen molar-refractivity contribution in [3.63, 3.8) is 0 Å². The van der Waals surface area contributed by atoms with Crippen LogP contribution in [0.5, 0.6) is 5.75 Å². The molecule has 0 aromatic heterocycles. The van der Waals surface area contributed by atoms with Crippen LogP contribution in [0.15, 0.2) is 48.5 Å². The summed E-state index contributed by atoms with van der Waals surface area (Å²) in [6.07, 6.45) is 0. The third-order valence-corrected chi connectivity index (χ3v) is 6.41. The summed E-state index contributed by atoms with van der Waals surface area (Å²) in [6.45, 7) is 2.22. The van der Waals surface area contributed by atoms with Crippen LogP contribution in [0.25, 0.3) is 0 Å². The van der Waals surface area contributed by atoms with Crippen LogP contribution in [0.2, 0.25) is 5.02 Å². The van der Waals surface area contributed by atoms with E-state index in [4.69, 9.17) is 16.3 Å². The molecule has 3 rings (SSSR count). The molecule has 1 fully saturated rings. The van der Waals surface area contributed by atoms with Gasteiger partial charge in [-0.05, 0) is 29.8 Å². The third-order valence-electron chi connectivity index (χ3n) is 4.70. The highest BCUT2D eigenvalue weighted by atomic mass is 35.5. The molecule has 0 saturated carbocycles. The van der Waals surface area contributed by atoms with Crippen molar-refractivity contribution in [1.29, 1.82) is 0 Å². The Morgan fingerprint density at radius 3 is 2.32 bits per heavy atom. The molecule has 0 N–H and O–H groups in total. The van der Waals surface area contributed by atoms with Crippen molar-refractivity contribution < 1.29 is 17.9 Å². The first-order valence-corrected chi connectivity index (χ1v) is 11.2. The number of piperazine rings is 1. The van der Waals surface area contributed by atoms with E-state index in [1.54, 1.807) is 36.3 Å². The fourth-order valence-corrected chi connectivity index (χ4v) is 4.74. The van der Waals surface area contributed by atoms with E-state index in [2.05, 4.69) is 4.90 Å². The second-order valence-corrected chi connectivity index (χ2v) is 9.20. The van der Waals surface area contributed by atoms with Crippen molar-refractivity contribution in [2.75, 3.05) is 43.9 Å². The van der Waals surface area contributed by atoms with Crippen LogP contribution < -0.4 is 9.64 Å². The standard InChI is InChI=1S/C20H23ClN2O4S/c1-27-19-5-3-2-4-18(19)22-10-12-23(13-11-22)20(24)15-28(25,26)14-16-6-8-17(21)9-7-16/h2-9H,10-15H2,1H3. The number of para-hydroxylation sites is 2. The number of sulfone groups is 1. The fourth-order valence-electron chi connectivity index (χ4n) is 3.25. The molecule has 0 atom stereocenters. The van der Waals surface area contributed by atoms with Gasteiger partial charge in [0.1, 0.15) is 11.5 Å². The minimum Gasteiger partial charge on any atom is -0.495 e. The van der Waals surface area contributed by atoms with E-state index in [0.29, 0.717) is 36.8 Å². The normalized spacial score (nSPS) is 14.8. The van der Waals surface area contributed by atoms with Crippen molar-refractivity contribution in [3.05, 3.63) is 59.1 Å². The Morgan fingerprint density at radius 1 is 1.04 bits per heavy atom. The Bertz CT molecular complexity index is 923. The molecule has 1 aliphatic heterocycles. The number of hydrogen-bond donors (Lipinski definition) is 0. The fraction of sp³-hybridized carbons (Fsp3) is 0.350. The molecular weight excluding hydrogens is 400 g/mol. The monoisotopic (exact) mass is 422 g/mol. The smallest absolute Gasteiger partial charge is 0.237 e. The van der Waals surface area contributed by atoms with Crippen molar-refractivity contribution in [2.24, 2.45) is 0 Å². The van der Waals surface area contributed by atoms with Gasteiger partial charge >= 0.3 is 0 Å². The van der Waals surface area contributed by atoms with Gasteiger partial charge in [0.15, 0.2) is 9.84 Å². The van der Waals surface area contributed by atoms with Crippen molar-refractivity contribution in [1.82, 2.24) is 4.90 Å². The average Bonchev–Trinajstić information content (AvgIpc) is 2.69. The molecule has 2 aromatic rings. The van der Waals surface area contributed by atoms with Gasteiger partial charge in [0, 0.05) is 31.2 Å². The van der Waals surface area contributed by atoms with Crippen molar-refractivity contribution in [3.8, 4) is 5.75 Å². The number of amides is 1. The number of hydrogen-bond acceptors (Lipinski definition) is 5. The SMILES string of the molecule is COc1ccccc1N1CCN(C(=O)CS(=O)(=O)Cc2ccc(Cl)cc2)CC1. The van der Waals surface area contributed by atoms with E-state index in [0.717, 1.165) is 11.4 Å². The summed E-state index contributed by atoms with van der Waals surface area (Å²) in [5.74, 6) is -0.220. The zero-order valence-electron chi connectivity index (χ0n) is 15.7. The van der Waals surface area contributed by atoms with Crippen LogP contribution in [-0.2, 0) is 20.4 Å². The number of benzene rings is 2. The Morgan fingerprint density at radius 2 is 1.68 bits per heavy atom. The molecular formula is C20H23ClN2O4S. The number of methoxy groups -OCH3 is 1. The summed E-state index contributed by atoms with van der Waals surface area (Å²) in [5.41, 5.74) is 1.60. The van der Waals surface area contributed by atoms with Crippen molar-refractivity contribution in [2.45, 2.75) is 5.75 Å². The van der Waals surface area contributed by atoms with Gasteiger partial charge in [0.05, 0.1) is 18.6 Å². The highest BCUT2D eigenvalue weighted by Crippen LogP contribution is 2.28. The Labute approximate surface area is 170 Å². The molecule has 1 amide bonds. The van der Waals surface area contributed by atoms with E-state index in [1.165, 1.54) is 0 Å². The van der Waals surface area contributed by atoms with E-state index in [9.17, 15) is 13.2 Å². The second-order valence-electron chi connectivity index (χ2n) is 6.70. The van der Waals surface area contributed by atoms with Crippen LogP contribution >= 0.6 is 11.6 Å². The first-order chi connectivity index (χ1) is 13.4. The second kappa shape index (κ2) is 8.84. The lowest BCUT2D eigenvalue weighted by Crippen LogP contribution is -2.50. The lowest BCUT2D eigenvalue weighted by Gasteiger charge is -2.36. The molecule has 0 bridgehead atoms. The zero-order valence-corrected chi connectivity index (χ0v) is 17.2. The summed E-state index contributed by atoms with van der Waals surface area (Å²) in [6, 6.07) is 14.3. The summed E-state index contributed by atoms with van der Waals surface area (Å²) < 4.78 is 30.2. The summed E-state index contributed by atoms with van der Waals surface area (Å²) in [5, 5.41) is 0.546. The highest BCUT2D eigenvalue weighted by Gasteiger charge is 2.26. The maximum Gasteiger partial charge on any atom is 0.237 e. The van der Waals surface area contributed by atoms with E-state index >= 15 is 0 Å². The number of rotatable bonds is 6. The van der Waals surface area contributed by atoms with Gasteiger partial charge in [-0.1, -0.05) is 35.9 Å². The minimum atomic E-state index is -3.54. The van der Waals surface area contributed by atoms with Crippen LogP contribution in [0.1, 0.15) is 5.56 Å². The van der Waals surface area contributed by atoms with Crippen LogP contribution in [0.4, 0.5) is 5.69 Å². The summed E-state index contributed by atoms with van der Waals surface area (Å²) in [7, 11) is -1.91. The quantitative estimate of drug-likeness (QED) is 0.715. The molecule has 0 radical (unpaired) electrons. The highest BCUT2D eigenvalue weighted by molar-refractivity contribution is 7.91. The lowest BCUT2D eigenvalue weighted by atomic mass is 10.2. The van der Waals surface area contributed by atoms with Crippen LogP contribution in [0.3, 0.4) is 0 Å². The van der Waals surface area contributed by atoms with Gasteiger partial charge in [-0.3, -0.25) is 4.79 Å². The Balaban J connectivity index is 1.56. The summed E-state index contributed by atoms with van der Waals surface area (Å²) >= 11 is 5.82. The predicted octanol–water partition coefficient (Wildman–Crippen LogP) is 2.61. The minimum absolute atomic E-state index is 0.170. The molecule has 2 aromatic carbocycles. The maximum absolute atomic E-state index is 12.5. The van der Waals surface area contributed by atoms with E-state index in [1.807, 2.05) is 24.3 Å². The number of nitrogens with zero attached hydrogens (tertiary/aromatic N) is 2. The van der Waals surface area contributed by atoms with Gasteiger partial charge in [-0.25, -0.2) is 8.42 Å². The number of halogens is 1. The predicted molar refractivity (Wildman–Crippen MR) is 111 cm³/mol. The zero-order chi connectivity index (χ0) is 20.1. The van der Waals surface area contributed by atoms with Gasteiger partial charge in [0.25, 0.3) is 0 Å². The van der Waals surface area contributed by atoms with Crippen LogP contribution in [0, 0.1) is 0 Å². The molecule has 28 heavy (non-hydrogen) atoms. The van der Waals surface area contributed by atoms with Gasteiger partial charge in [-0.2, -0.15) is 0 Å². The maximum atomic E-state index is 12.5. The lowest BCUT2D eigenvalue weighted by molar-refractivity contribution is -0.128. The van der Waals surface area contributed by atoms with Gasteiger partial charge in [0.2, 0.25) is 5.91 Å². The molecule has 150 valence electrons. The van der Waals surface area contributed by atoms with Crippen molar-refractivity contribution >= 4 is 33.0 Å². The number of carbonyl (C=O) groups excluding carboxylic acids is 1. The molecule has 0 aliphatic carbocycles. The molecule has 0 spiro atoms. The van der Waals surface area contributed by atoms with E-state index < -0.39 is 15.6 Å². The number of anilines is 1. The largest absolute Gasteiger partial charge is 0.495 e. The van der Waals surface area contributed by atoms with Crippen LogP contribution in [-0.4, -0.2) is 58.3 Å². The first kappa shape index (κ1) is 20.5. The molecule has 6 nitrogen and oxygen atoms in total. The molecule has 1 saturated heterocycles. The number of carbonyl (C=O) groups is 1. The Kier molecular flexibility index (Phi) is 6.46. The topological polar surface area (TPSA) is 66.9 Å². The van der Waals surface area contributed by atoms with E-state index in [-0.39, 0.29) is 11.7 Å². The van der Waals surface area contributed by atoms with Gasteiger partial charge in [-0.15, -0.1) is 0 Å². The third kappa shape index (κ3) is 5.17. The summed E-state index contributed by atoms with van der Waals surface area (Å²) in [4.78, 5) is 16.3. The molecule has 1 aliphatic rings. The Hall–Kier alpha value is -2.25. The molecule has 0 unspecified atom stereocenters. The number of ether oxygens (including phenoxy) is 1. The molecule has 1 heterocycles.